The van der Waals surface area contributed by atoms with Crippen molar-refractivity contribution in [2.75, 3.05) is 26.4 Å². The van der Waals surface area contributed by atoms with E-state index in [1.165, 1.54) is 19.3 Å². The second kappa shape index (κ2) is 12.0. The van der Waals surface area contributed by atoms with Gasteiger partial charge in [-0.15, -0.1) is 0 Å². The van der Waals surface area contributed by atoms with E-state index in [0.717, 1.165) is 32.3 Å². The van der Waals surface area contributed by atoms with Crippen molar-refractivity contribution in [3.63, 3.8) is 0 Å². The largest absolute Gasteiger partial charge is 0.462 e. The first kappa shape index (κ1) is 18.4. The van der Waals surface area contributed by atoms with Gasteiger partial charge in [0, 0.05) is 19.6 Å². The maximum absolute atomic E-state index is 11.6. The molecule has 1 fully saturated rings. The Kier molecular flexibility index (Phi) is 10.5. The zero-order chi connectivity index (χ0) is 15.3. The molecule has 0 spiro atoms. The highest BCUT2D eigenvalue weighted by atomic mass is 16.5. The molecule has 0 amide bonds. The fraction of sp³-hybridized carbons (Fsp3) is 0.941. The summed E-state index contributed by atoms with van der Waals surface area (Å²) in [5.74, 6) is 0.611. The van der Waals surface area contributed by atoms with Crippen LogP contribution in [0.1, 0.15) is 65.2 Å². The zero-order valence-electron chi connectivity index (χ0n) is 13.8. The van der Waals surface area contributed by atoms with Crippen molar-refractivity contribution in [3.05, 3.63) is 0 Å². The molecular formula is C17H32O4. The van der Waals surface area contributed by atoms with Crippen LogP contribution in [0.4, 0.5) is 0 Å². The predicted octanol–water partition coefficient (Wildman–Crippen LogP) is 3.72. The van der Waals surface area contributed by atoms with E-state index in [-0.39, 0.29) is 12.1 Å². The van der Waals surface area contributed by atoms with Crippen LogP contribution < -0.4 is 0 Å². The standard InChI is InChI=1S/C17H32O4/c1-15(2)10-12-20-14-13-19-11-6-9-17(18)21-16-7-4-3-5-8-16/h15-16H,3-14H2,1-2H3. The van der Waals surface area contributed by atoms with Crippen molar-refractivity contribution < 1.29 is 19.0 Å². The molecule has 0 heterocycles. The Hall–Kier alpha value is -0.610. The summed E-state index contributed by atoms with van der Waals surface area (Å²) in [6.07, 6.45) is 8.19. The summed E-state index contributed by atoms with van der Waals surface area (Å²) in [6, 6.07) is 0. The molecule has 0 aromatic heterocycles. The molecule has 1 aliphatic rings. The summed E-state index contributed by atoms with van der Waals surface area (Å²) in [6.45, 7) is 7.02. The molecule has 1 rings (SSSR count). The number of carbonyl (C=O) groups is 1. The molecule has 0 bridgehead atoms. The lowest BCUT2D eigenvalue weighted by atomic mass is 9.98. The minimum atomic E-state index is -0.0707. The van der Waals surface area contributed by atoms with E-state index in [0.29, 0.717) is 32.2 Å². The topological polar surface area (TPSA) is 44.8 Å². The van der Waals surface area contributed by atoms with Crippen LogP contribution in [0, 0.1) is 5.92 Å². The van der Waals surface area contributed by atoms with Gasteiger partial charge in [-0.2, -0.15) is 0 Å². The first-order valence-corrected chi connectivity index (χ1v) is 8.53. The molecule has 4 nitrogen and oxygen atoms in total. The van der Waals surface area contributed by atoms with Crippen LogP contribution in [0.5, 0.6) is 0 Å². The Morgan fingerprint density at radius 1 is 1.00 bits per heavy atom. The highest BCUT2D eigenvalue weighted by Crippen LogP contribution is 2.20. The zero-order valence-corrected chi connectivity index (χ0v) is 13.8. The summed E-state index contributed by atoms with van der Waals surface area (Å²) >= 11 is 0. The average Bonchev–Trinajstić information content (AvgIpc) is 2.46. The third-order valence-corrected chi connectivity index (χ3v) is 3.73. The van der Waals surface area contributed by atoms with Crippen molar-refractivity contribution in [1.82, 2.24) is 0 Å². The Morgan fingerprint density at radius 2 is 1.67 bits per heavy atom. The van der Waals surface area contributed by atoms with Gasteiger partial charge in [0.25, 0.3) is 0 Å². The molecule has 0 radical (unpaired) electrons. The molecule has 0 unspecified atom stereocenters. The Balaban J connectivity index is 1.84. The average molecular weight is 300 g/mol. The third-order valence-electron chi connectivity index (χ3n) is 3.73. The van der Waals surface area contributed by atoms with Crippen LogP contribution in [0.25, 0.3) is 0 Å². The van der Waals surface area contributed by atoms with Gasteiger partial charge in [-0.05, 0) is 44.4 Å². The number of carbonyl (C=O) groups excluding carboxylic acids is 1. The summed E-state index contributed by atoms with van der Waals surface area (Å²) in [5.41, 5.74) is 0. The van der Waals surface area contributed by atoms with Crippen molar-refractivity contribution in [3.8, 4) is 0 Å². The quantitative estimate of drug-likeness (QED) is 0.431. The highest BCUT2D eigenvalue weighted by Gasteiger charge is 2.17. The maximum Gasteiger partial charge on any atom is 0.306 e. The number of hydrogen-bond acceptors (Lipinski definition) is 4. The Labute approximate surface area is 129 Å². The lowest BCUT2D eigenvalue weighted by Gasteiger charge is -2.21. The van der Waals surface area contributed by atoms with Gasteiger partial charge in [0.2, 0.25) is 0 Å². The van der Waals surface area contributed by atoms with E-state index in [1.807, 2.05) is 0 Å². The van der Waals surface area contributed by atoms with Crippen LogP contribution in [-0.2, 0) is 19.0 Å². The van der Waals surface area contributed by atoms with Gasteiger partial charge in [-0.25, -0.2) is 0 Å². The summed E-state index contributed by atoms with van der Waals surface area (Å²) in [5, 5.41) is 0. The van der Waals surface area contributed by atoms with Gasteiger partial charge < -0.3 is 14.2 Å². The summed E-state index contributed by atoms with van der Waals surface area (Å²) < 4.78 is 16.4. The van der Waals surface area contributed by atoms with Crippen LogP contribution in [0.15, 0.2) is 0 Å². The van der Waals surface area contributed by atoms with Crippen molar-refractivity contribution in [2.45, 2.75) is 71.3 Å². The van der Waals surface area contributed by atoms with Gasteiger partial charge in [-0.1, -0.05) is 20.3 Å². The highest BCUT2D eigenvalue weighted by molar-refractivity contribution is 5.69. The molecule has 124 valence electrons. The third kappa shape index (κ3) is 10.7. The molecule has 0 aromatic rings. The second-order valence-electron chi connectivity index (χ2n) is 6.26. The minimum Gasteiger partial charge on any atom is -0.462 e. The fourth-order valence-electron chi connectivity index (χ4n) is 2.39. The van der Waals surface area contributed by atoms with Gasteiger partial charge in [0.15, 0.2) is 0 Å². The summed E-state index contributed by atoms with van der Waals surface area (Å²) in [4.78, 5) is 11.6. The molecule has 4 heteroatoms. The van der Waals surface area contributed by atoms with Gasteiger partial charge in [-0.3, -0.25) is 4.79 Å². The molecule has 21 heavy (non-hydrogen) atoms. The Morgan fingerprint density at radius 3 is 2.33 bits per heavy atom. The van der Waals surface area contributed by atoms with E-state index in [9.17, 15) is 4.79 Å². The fourth-order valence-corrected chi connectivity index (χ4v) is 2.39. The molecule has 0 N–H and O–H groups in total. The number of esters is 1. The predicted molar refractivity (Wildman–Crippen MR) is 83.3 cm³/mol. The molecule has 0 aliphatic heterocycles. The lowest BCUT2D eigenvalue weighted by molar-refractivity contribution is -0.150. The molecule has 1 saturated carbocycles. The lowest BCUT2D eigenvalue weighted by Crippen LogP contribution is -2.21. The molecule has 0 atom stereocenters. The first-order chi connectivity index (χ1) is 10.2. The van der Waals surface area contributed by atoms with Crippen molar-refractivity contribution in [1.29, 1.82) is 0 Å². The van der Waals surface area contributed by atoms with E-state index < -0.39 is 0 Å². The van der Waals surface area contributed by atoms with Crippen molar-refractivity contribution >= 4 is 5.97 Å². The van der Waals surface area contributed by atoms with Crippen molar-refractivity contribution in [2.24, 2.45) is 5.92 Å². The van der Waals surface area contributed by atoms with Crippen LogP contribution in [0.2, 0.25) is 0 Å². The molecular weight excluding hydrogens is 268 g/mol. The van der Waals surface area contributed by atoms with Crippen LogP contribution in [0.3, 0.4) is 0 Å². The van der Waals surface area contributed by atoms with E-state index in [2.05, 4.69) is 13.8 Å². The normalized spacial score (nSPS) is 16.3. The number of ether oxygens (including phenoxy) is 3. The van der Waals surface area contributed by atoms with Crippen LogP contribution >= 0.6 is 0 Å². The first-order valence-electron chi connectivity index (χ1n) is 8.53. The summed E-state index contributed by atoms with van der Waals surface area (Å²) in [7, 11) is 0. The Bertz CT molecular complexity index is 260. The van der Waals surface area contributed by atoms with Gasteiger partial charge in [0.05, 0.1) is 13.2 Å². The maximum atomic E-state index is 11.6. The monoisotopic (exact) mass is 300 g/mol. The van der Waals surface area contributed by atoms with E-state index in [4.69, 9.17) is 14.2 Å². The molecule has 1 aliphatic carbocycles. The molecule has 0 saturated heterocycles. The smallest absolute Gasteiger partial charge is 0.306 e. The van der Waals surface area contributed by atoms with Gasteiger partial charge in [0.1, 0.15) is 6.10 Å². The minimum absolute atomic E-state index is 0.0707. The molecule has 0 aromatic carbocycles. The number of hydrogen-bond donors (Lipinski definition) is 0. The van der Waals surface area contributed by atoms with E-state index in [1.54, 1.807) is 0 Å². The SMILES string of the molecule is CC(C)CCOCCOCCCC(=O)OC1CCCCC1. The van der Waals surface area contributed by atoms with Gasteiger partial charge >= 0.3 is 5.97 Å². The van der Waals surface area contributed by atoms with E-state index >= 15 is 0 Å². The second-order valence-corrected chi connectivity index (χ2v) is 6.26. The van der Waals surface area contributed by atoms with Crippen LogP contribution in [-0.4, -0.2) is 38.5 Å². The number of rotatable bonds is 11.